The highest BCUT2D eigenvalue weighted by Gasteiger charge is 2.50. The van der Waals surface area contributed by atoms with Gasteiger partial charge in [-0.25, -0.2) is 0 Å². The van der Waals surface area contributed by atoms with Crippen LogP contribution < -0.4 is 5.73 Å². The van der Waals surface area contributed by atoms with Gasteiger partial charge < -0.3 is 10.6 Å². The molecule has 4 heteroatoms. The van der Waals surface area contributed by atoms with E-state index in [2.05, 4.69) is 11.8 Å². The number of halogens is 1. The summed E-state index contributed by atoms with van der Waals surface area (Å²) in [5, 5.41) is 0. The highest BCUT2D eigenvalue weighted by atomic mass is 35.5. The van der Waals surface area contributed by atoms with Crippen LogP contribution in [0.3, 0.4) is 0 Å². The zero-order chi connectivity index (χ0) is 12.7. The van der Waals surface area contributed by atoms with Crippen molar-refractivity contribution < 1.29 is 4.79 Å². The SMILES string of the molecule is CC1CCCN(C(=O)C2C3CCC(C3)C2N)CC1.Cl. The fourth-order valence-electron chi connectivity index (χ4n) is 4.40. The van der Waals surface area contributed by atoms with Crippen LogP contribution in [0.1, 0.15) is 45.4 Å². The molecule has 0 aromatic heterocycles. The van der Waals surface area contributed by atoms with Crippen LogP contribution in [0.25, 0.3) is 0 Å². The van der Waals surface area contributed by atoms with Crippen LogP contribution in [-0.4, -0.2) is 29.9 Å². The van der Waals surface area contributed by atoms with Gasteiger partial charge in [0, 0.05) is 19.1 Å². The highest BCUT2D eigenvalue weighted by Crippen LogP contribution is 2.48. The molecule has 3 nitrogen and oxygen atoms in total. The Kier molecular flexibility index (Phi) is 4.78. The number of nitrogens with zero attached hydrogens (tertiary/aromatic N) is 1. The van der Waals surface area contributed by atoms with Crippen molar-refractivity contribution in [2.45, 2.75) is 51.5 Å². The van der Waals surface area contributed by atoms with Gasteiger partial charge in [0.2, 0.25) is 5.91 Å². The Balaban J connectivity index is 0.00000133. The Labute approximate surface area is 122 Å². The molecule has 0 aromatic rings. The minimum Gasteiger partial charge on any atom is -0.342 e. The van der Waals surface area contributed by atoms with E-state index in [0.29, 0.717) is 17.7 Å². The fourth-order valence-corrected chi connectivity index (χ4v) is 4.40. The van der Waals surface area contributed by atoms with Gasteiger partial charge in [0.15, 0.2) is 0 Å². The van der Waals surface area contributed by atoms with Gasteiger partial charge in [0.1, 0.15) is 0 Å². The number of rotatable bonds is 1. The molecular formula is C15H27ClN2O. The molecule has 110 valence electrons. The summed E-state index contributed by atoms with van der Waals surface area (Å²) in [5.41, 5.74) is 6.29. The third-order valence-corrected chi connectivity index (χ3v) is 5.59. The lowest BCUT2D eigenvalue weighted by atomic mass is 9.84. The molecule has 1 heterocycles. The standard InChI is InChI=1S/C15H26N2O.ClH/c1-10-3-2-7-17(8-6-10)15(18)13-11-4-5-12(9-11)14(13)16;/h10-14H,2-9,16H2,1H3;1H. The van der Waals surface area contributed by atoms with Crippen LogP contribution in [0.5, 0.6) is 0 Å². The Hall–Kier alpha value is -0.280. The zero-order valence-electron chi connectivity index (χ0n) is 11.9. The van der Waals surface area contributed by atoms with Crippen molar-refractivity contribution >= 4 is 18.3 Å². The number of carbonyl (C=O) groups excluding carboxylic acids is 1. The van der Waals surface area contributed by atoms with Gasteiger partial charge in [0.05, 0.1) is 5.92 Å². The Morgan fingerprint density at radius 2 is 1.84 bits per heavy atom. The van der Waals surface area contributed by atoms with Crippen molar-refractivity contribution in [3.63, 3.8) is 0 Å². The van der Waals surface area contributed by atoms with Gasteiger partial charge >= 0.3 is 0 Å². The second kappa shape index (κ2) is 6.01. The van der Waals surface area contributed by atoms with Gasteiger partial charge in [-0.1, -0.05) is 6.92 Å². The molecule has 0 spiro atoms. The quantitative estimate of drug-likeness (QED) is 0.805. The van der Waals surface area contributed by atoms with Gasteiger partial charge in [-0.2, -0.15) is 0 Å². The van der Waals surface area contributed by atoms with Crippen molar-refractivity contribution in [2.75, 3.05) is 13.1 Å². The number of fused-ring (bicyclic) bond motifs is 2. The maximum Gasteiger partial charge on any atom is 0.227 e. The summed E-state index contributed by atoms with van der Waals surface area (Å²) in [6, 6.07) is 0.150. The van der Waals surface area contributed by atoms with E-state index in [1.54, 1.807) is 0 Å². The maximum atomic E-state index is 12.7. The van der Waals surface area contributed by atoms with Crippen LogP contribution in [0.4, 0.5) is 0 Å². The summed E-state index contributed by atoms with van der Waals surface area (Å²) < 4.78 is 0. The van der Waals surface area contributed by atoms with Crippen LogP contribution in [0.15, 0.2) is 0 Å². The first-order valence-electron chi connectivity index (χ1n) is 7.71. The average Bonchev–Trinajstić information content (AvgIpc) is 2.86. The number of hydrogen-bond acceptors (Lipinski definition) is 2. The van der Waals surface area contributed by atoms with Crippen LogP contribution in [0, 0.1) is 23.7 Å². The van der Waals surface area contributed by atoms with E-state index in [4.69, 9.17) is 5.73 Å². The topological polar surface area (TPSA) is 46.3 Å². The first kappa shape index (κ1) is 15.1. The van der Waals surface area contributed by atoms with Gasteiger partial charge in [0.25, 0.3) is 0 Å². The monoisotopic (exact) mass is 286 g/mol. The summed E-state index contributed by atoms with van der Waals surface area (Å²) in [6.07, 6.45) is 7.31. The molecule has 5 unspecified atom stereocenters. The molecule has 1 amide bonds. The molecule has 3 fully saturated rings. The lowest BCUT2D eigenvalue weighted by Gasteiger charge is -2.32. The molecular weight excluding hydrogens is 260 g/mol. The molecule has 2 N–H and O–H groups in total. The van der Waals surface area contributed by atoms with E-state index >= 15 is 0 Å². The van der Waals surface area contributed by atoms with Gasteiger partial charge in [-0.3, -0.25) is 4.79 Å². The Morgan fingerprint density at radius 3 is 2.53 bits per heavy atom. The first-order chi connectivity index (χ1) is 8.66. The van der Waals surface area contributed by atoms with E-state index in [1.165, 1.54) is 38.5 Å². The van der Waals surface area contributed by atoms with E-state index < -0.39 is 0 Å². The highest BCUT2D eigenvalue weighted by molar-refractivity contribution is 5.85. The second-order valence-corrected chi connectivity index (χ2v) is 6.80. The van der Waals surface area contributed by atoms with Crippen molar-refractivity contribution in [1.82, 2.24) is 4.90 Å². The summed E-state index contributed by atoms with van der Waals surface area (Å²) >= 11 is 0. The maximum absolute atomic E-state index is 12.7. The van der Waals surface area contributed by atoms with Crippen molar-refractivity contribution in [3.8, 4) is 0 Å². The molecule has 5 atom stereocenters. The third-order valence-electron chi connectivity index (χ3n) is 5.59. The number of likely N-dealkylation sites (tertiary alicyclic amines) is 1. The van der Waals surface area contributed by atoms with Crippen molar-refractivity contribution in [2.24, 2.45) is 29.4 Å². The molecule has 1 aliphatic heterocycles. The normalized spacial score (nSPS) is 41.8. The summed E-state index contributed by atoms with van der Waals surface area (Å²) in [4.78, 5) is 14.8. The molecule has 3 aliphatic rings. The lowest BCUT2D eigenvalue weighted by molar-refractivity contribution is -0.137. The summed E-state index contributed by atoms with van der Waals surface area (Å²) in [6.45, 7) is 4.22. The second-order valence-electron chi connectivity index (χ2n) is 6.80. The molecule has 0 radical (unpaired) electrons. The van der Waals surface area contributed by atoms with Crippen molar-refractivity contribution in [3.05, 3.63) is 0 Å². The number of amides is 1. The largest absolute Gasteiger partial charge is 0.342 e. The van der Waals surface area contributed by atoms with E-state index in [9.17, 15) is 4.79 Å². The number of hydrogen-bond donors (Lipinski definition) is 1. The van der Waals surface area contributed by atoms with Crippen molar-refractivity contribution in [1.29, 1.82) is 0 Å². The predicted molar refractivity (Wildman–Crippen MR) is 79.1 cm³/mol. The molecule has 2 bridgehead atoms. The number of nitrogens with two attached hydrogens (primary N) is 1. The summed E-state index contributed by atoms with van der Waals surface area (Å²) in [5.74, 6) is 2.53. The third kappa shape index (κ3) is 2.78. The van der Waals surface area contributed by atoms with E-state index in [0.717, 1.165) is 19.0 Å². The van der Waals surface area contributed by atoms with Gasteiger partial charge in [-0.05, 0) is 56.3 Å². The van der Waals surface area contributed by atoms with Crippen LogP contribution in [0.2, 0.25) is 0 Å². The molecule has 0 aromatic carbocycles. The number of carbonyl (C=O) groups is 1. The zero-order valence-corrected chi connectivity index (χ0v) is 12.7. The summed E-state index contributed by atoms with van der Waals surface area (Å²) in [7, 11) is 0. The molecule has 2 saturated carbocycles. The smallest absolute Gasteiger partial charge is 0.227 e. The predicted octanol–water partition coefficient (Wildman–Crippen LogP) is 2.43. The molecule has 1 saturated heterocycles. The fraction of sp³-hybridized carbons (Fsp3) is 0.933. The van der Waals surface area contributed by atoms with Crippen LogP contribution in [-0.2, 0) is 4.79 Å². The Bertz CT molecular complexity index is 334. The lowest BCUT2D eigenvalue weighted by Crippen LogP contribution is -2.47. The minimum absolute atomic E-state index is 0. The van der Waals surface area contributed by atoms with Crippen LogP contribution >= 0.6 is 12.4 Å². The van der Waals surface area contributed by atoms with Gasteiger partial charge in [-0.15, -0.1) is 12.4 Å². The Morgan fingerprint density at radius 1 is 1.11 bits per heavy atom. The average molecular weight is 287 g/mol. The molecule has 3 rings (SSSR count). The molecule has 19 heavy (non-hydrogen) atoms. The first-order valence-corrected chi connectivity index (χ1v) is 7.71. The minimum atomic E-state index is 0. The van der Waals surface area contributed by atoms with E-state index in [-0.39, 0.29) is 24.4 Å². The van der Waals surface area contributed by atoms with E-state index in [1.807, 2.05) is 0 Å². The molecule has 2 aliphatic carbocycles.